The van der Waals surface area contributed by atoms with E-state index < -0.39 is 68.8 Å². The number of pyridine rings is 1. The van der Waals surface area contributed by atoms with Crippen LogP contribution in [0.3, 0.4) is 0 Å². The summed E-state index contributed by atoms with van der Waals surface area (Å²) in [7, 11) is -4.13. The Balaban J connectivity index is 1.60. The van der Waals surface area contributed by atoms with Crippen molar-refractivity contribution in [3.8, 4) is 5.75 Å². The minimum Gasteiger partial charge on any atom is -0.503 e. The summed E-state index contributed by atoms with van der Waals surface area (Å²) in [6.07, 6.45) is 0.0949. The average molecular weight is 573 g/mol. The lowest BCUT2D eigenvalue weighted by molar-refractivity contribution is 0.0675. The van der Waals surface area contributed by atoms with Gasteiger partial charge < -0.3 is 19.9 Å². The Morgan fingerprint density at radius 3 is 2.48 bits per heavy atom. The number of carbonyl (C=O) groups is 2. The summed E-state index contributed by atoms with van der Waals surface area (Å²) in [5.74, 6) is -4.29. The molecule has 0 aliphatic carbocycles. The van der Waals surface area contributed by atoms with Crippen molar-refractivity contribution in [2.45, 2.75) is 43.8 Å². The number of aromatic hydroxyl groups is 1. The van der Waals surface area contributed by atoms with E-state index in [1.165, 1.54) is 21.6 Å². The van der Waals surface area contributed by atoms with Gasteiger partial charge in [0, 0.05) is 31.3 Å². The average Bonchev–Trinajstić information content (AvgIpc) is 3.24. The zero-order chi connectivity index (χ0) is 28.9. The first-order valence-corrected chi connectivity index (χ1v) is 14.0. The van der Waals surface area contributed by atoms with Gasteiger partial charge >= 0.3 is 0 Å². The molecule has 5 rings (SSSR count). The summed E-state index contributed by atoms with van der Waals surface area (Å²) >= 11 is 0. The lowest BCUT2D eigenvalue weighted by atomic mass is 10.0. The van der Waals surface area contributed by atoms with Crippen molar-refractivity contribution in [3.05, 3.63) is 92.4 Å². The van der Waals surface area contributed by atoms with Crippen LogP contribution in [0.5, 0.6) is 5.75 Å². The van der Waals surface area contributed by atoms with Crippen LogP contribution in [0.1, 0.15) is 63.1 Å². The van der Waals surface area contributed by atoms with Crippen molar-refractivity contribution < 1.29 is 31.9 Å². The number of halogens is 2. The molecule has 0 bridgehead atoms. The van der Waals surface area contributed by atoms with E-state index in [1.807, 2.05) is 0 Å². The Morgan fingerprint density at radius 1 is 1.12 bits per heavy atom. The van der Waals surface area contributed by atoms with Gasteiger partial charge in [0.25, 0.3) is 11.8 Å². The van der Waals surface area contributed by atoms with Crippen LogP contribution < -0.4 is 15.5 Å². The Morgan fingerprint density at radius 2 is 1.82 bits per heavy atom. The largest absolute Gasteiger partial charge is 0.503 e. The smallest absolute Gasteiger partial charge is 0.274 e. The van der Waals surface area contributed by atoms with E-state index in [0.29, 0.717) is 6.07 Å². The minimum absolute atomic E-state index is 0.0339. The Labute approximate surface area is 228 Å². The van der Waals surface area contributed by atoms with Gasteiger partial charge in [-0.2, -0.15) is 0 Å². The number of carbonyl (C=O) groups excluding carboxylic acids is 2. The quantitative estimate of drug-likeness (QED) is 0.398. The van der Waals surface area contributed by atoms with Crippen molar-refractivity contribution >= 4 is 21.8 Å². The fourth-order valence-corrected chi connectivity index (χ4v) is 6.47. The number of sulfonamides is 1. The molecule has 2 amide bonds. The molecule has 3 aromatic rings. The number of aryl methyl sites for hydroxylation is 1. The second-order valence-corrected chi connectivity index (χ2v) is 11.5. The standard InChI is InChI=1S/C27H26F2N4O6S/c1-3-32-13-17-11-20(31-40(38,39)18-8-4-14(2)5-9-18)22-21(24(34)25(35)23(27(32)37)33(17)22)26(36)30-12-15-6-7-16(28)10-19(15)29/h4-10,17,20,31,35H,3,11-13H2,1-2H3,(H,30,36)/t17-,20+/m1/s1. The molecule has 0 radical (unpaired) electrons. The van der Waals surface area contributed by atoms with Crippen LogP contribution in [-0.4, -0.2) is 47.9 Å². The summed E-state index contributed by atoms with van der Waals surface area (Å²) < 4.78 is 58.0. The molecule has 3 heterocycles. The molecular weight excluding hydrogens is 546 g/mol. The van der Waals surface area contributed by atoms with E-state index in [-0.39, 0.29) is 41.4 Å². The molecule has 0 unspecified atom stereocenters. The summed E-state index contributed by atoms with van der Waals surface area (Å²) in [4.78, 5) is 41.3. The molecule has 2 aromatic carbocycles. The van der Waals surface area contributed by atoms with Crippen molar-refractivity contribution in [2.24, 2.45) is 0 Å². The molecular formula is C27H26F2N4O6S. The maximum absolute atomic E-state index is 14.2. The van der Waals surface area contributed by atoms with Gasteiger partial charge in [0.05, 0.1) is 22.7 Å². The fraction of sp³-hybridized carbons (Fsp3) is 0.296. The van der Waals surface area contributed by atoms with Crippen LogP contribution in [0.2, 0.25) is 0 Å². The monoisotopic (exact) mass is 572 g/mol. The Bertz CT molecular complexity index is 1710. The van der Waals surface area contributed by atoms with Gasteiger partial charge in [0.15, 0.2) is 11.4 Å². The van der Waals surface area contributed by atoms with E-state index in [0.717, 1.165) is 17.7 Å². The van der Waals surface area contributed by atoms with Gasteiger partial charge in [0.2, 0.25) is 15.5 Å². The molecule has 10 nitrogen and oxygen atoms in total. The number of amides is 2. The van der Waals surface area contributed by atoms with Crippen molar-refractivity contribution in [3.63, 3.8) is 0 Å². The van der Waals surface area contributed by atoms with E-state index in [4.69, 9.17) is 0 Å². The van der Waals surface area contributed by atoms with Crippen LogP contribution in [0.4, 0.5) is 8.78 Å². The van der Waals surface area contributed by atoms with E-state index in [9.17, 15) is 36.7 Å². The minimum atomic E-state index is -4.13. The van der Waals surface area contributed by atoms with Crippen LogP contribution in [0.15, 0.2) is 52.2 Å². The molecule has 2 atom stereocenters. The fourth-order valence-electron chi connectivity index (χ4n) is 5.25. The van der Waals surface area contributed by atoms with E-state index >= 15 is 0 Å². The molecule has 0 saturated heterocycles. The maximum Gasteiger partial charge on any atom is 0.274 e. The van der Waals surface area contributed by atoms with E-state index in [1.54, 1.807) is 26.0 Å². The number of hydrogen-bond acceptors (Lipinski definition) is 6. The van der Waals surface area contributed by atoms with Gasteiger partial charge in [0.1, 0.15) is 17.2 Å². The summed E-state index contributed by atoms with van der Waals surface area (Å²) in [6, 6.07) is 7.24. The number of likely N-dealkylation sites (N-methyl/N-ethyl adjacent to an activating group) is 1. The second-order valence-electron chi connectivity index (χ2n) is 9.80. The molecule has 40 heavy (non-hydrogen) atoms. The van der Waals surface area contributed by atoms with Crippen LogP contribution in [0.25, 0.3) is 0 Å². The van der Waals surface area contributed by atoms with Gasteiger partial charge in [-0.25, -0.2) is 21.9 Å². The van der Waals surface area contributed by atoms with E-state index in [2.05, 4.69) is 10.0 Å². The normalized spacial score (nSPS) is 18.1. The topological polar surface area (TPSA) is 138 Å². The second kappa shape index (κ2) is 10.1. The number of benzene rings is 2. The molecule has 0 saturated carbocycles. The Hall–Kier alpha value is -4.10. The number of aromatic nitrogens is 1. The molecule has 2 aliphatic rings. The first-order valence-electron chi connectivity index (χ1n) is 12.5. The third kappa shape index (κ3) is 4.64. The van der Waals surface area contributed by atoms with Crippen LogP contribution in [-0.2, 0) is 16.6 Å². The summed E-state index contributed by atoms with van der Waals surface area (Å²) in [5, 5.41) is 13.2. The molecule has 3 N–H and O–H groups in total. The van der Waals surface area contributed by atoms with Crippen LogP contribution >= 0.6 is 0 Å². The zero-order valence-corrected chi connectivity index (χ0v) is 22.4. The first-order chi connectivity index (χ1) is 18.9. The third-order valence-corrected chi connectivity index (χ3v) is 8.73. The van der Waals surface area contributed by atoms with Gasteiger partial charge in [-0.05, 0) is 38.5 Å². The number of nitrogens with one attached hydrogen (secondary N) is 2. The molecule has 0 spiro atoms. The highest BCUT2D eigenvalue weighted by atomic mass is 32.2. The SMILES string of the molecule is CCN1C[C@H]2C[C@H](NS(=O)(=O)c3ccc(C)cc3)c3c(C(=O)NCc4ccc(F)cc4F)c(=O)c(O)c(n32)C1=O. The predicted octanol–water partition coefficient (Wildman–Crippen LogP) is 2.51. The highest BCUT2D eigenvalue weighted by Gasteiger charge is 2.46. The third-order valence-electron chi connectivity index (χ3n) is 7.24. The van der Waals surface area contributed by atoms with Gasteiger partial charge in [-0.1, -0.05) is 23.8 Å². The zero-order valence-electron chi connectivity index (χ0n) is 21.6. The number of hydrogen-bond donors (Lipinski definition) is 3. The van der Waals surface area contributed by atoms with Gasteiger partial charge in [-0.15, -0.1) is 0 Å². The summed E-state index contributed by atoms with van der Waals surface area (Å²) in [6.45, 7) is 3.56. The number of nitrogens with zero attached hydrogens (tertiary/aromatic N) is 2. The highest BCUT2D eigenvalue weighted by molar-refractivity contribution is 7.89. The summed E-state index contributed by atoms with van der Waals surface area (Å²) in [5.41, 5.74) is -1.34. The van der Waals surface area contributed by atoms with Crippen molar-refractivity contribution in [1.82, 2.24) is 19.5 Å². The molecule has 210 valence electrons. The highest BCUT2D eigenvalue weighted by Crippen LogP contribution is 2.42. The molecule has 1 aromatic heterocycles. The lowest BCUT2D eigenvalue weighted by Gasteiger charge is -2.33. The molecule has 13 heteroatoms. The van der Waals surface area contributed by atoms with Gasteiger partial charge in [-0.3, -0.25) is 14.4 Å². The van der Waals surface area contributed by atoms with Crippen molar-refractivity contribution in [1.29, 1.82) is 0 Å². The maximum atomic E-state index is 14.2. The Kier molecular flexibility index (Phi) is 6.96. The predicted molar refractivity (Wildman–Crippen MR) is 139 cm³/mol. The molecule has 2 aliphatic heterocycles. The number of rotatable bonds is 7. The van der Waals surface area contributed by atoms with Crippen molar-refractivity contribution in [2.75, 3.05) is 13.1 Å². The van der Waals surface area contributed by atoms with Crippen LogP contribution in [0, 0.1) is 18.6 Å². The first kappa shape index (κ1) is 27.5. The lowest BCUT2D eigenvalue weighted by Crippen LogP contribution is -2.44. The molecule has 0 fully saturated rings.